The number of nitrogens with zero attached hydrogens (tertiary/aromatic N) is 3. The van der Waals surface area contributed by atoms with Crippen LogP contribution in [0.1, 0.15) is 12.0 Å². The fraction of sp³-hybridized carbons (Fsp3) is 0.174. The average molecular weight is 470 g/mol. The van der Waals surface area contributed by atoms with Gasteiger partial charge in [0.15, 0.2) is 15.0 Å². The molecule has 0 saturated carbocycles. The number of sulfone groups is 1. The Labute approximate surface area is 189 Å². The molecule has 2 aromatic heterocycles. The zero-order chi connectivity index (χ0) is 22.6. The van der Waals surface area contributed by atoms with Crippen molar-refractivity contribution in [3.05, 3.63) is 94.8 Å². The second-order valence-electron chi connectivity index (χ2n) is 7.14. The molecule has 0 amide bonds. The van der Waals surface area contributed by atoms with E-state index in [1.807, 2.05) is 18.2 Å². The summed E-state index contributed by atoms with van der Waals surface area (Å²) in [5.41, 5.74) is 1.31. The molecule has 164 valence electrons. The molecule has 0 aliphatic heterocycles. The zero-order valence-electron chi connectivity index (χ0n) is 17.0. The van der Waals surface area contributed by atoms with Crippen molar-refractivity contribution in [3.8, 4) is 0 Å². The Morgan fingerprint density at radius 1 is 1.00 bits per heavy atom. The lowest BCUT2D eigenvalue weighted by atomic mass is 10.2. The van der Waals surface area contributed by atoms with Crippen molar-refractivity contribution in [3.63, 3.8) is 0 Å². The van der Waals surface area contributed by atoms with Crippen LogP contribution in [-0.4, -0.2) is 34.5 Å². The van der Waals surface area contributed by atoms with Gasteiger partial charge in [-0.05, 0) is 54.4 Å². The Morgan fingerprint density at radius 3 is 2.53 bits per heavy atom. The Kier molecular flexibility index (Phi) is 6.66. The van der Waals surface area contributed by atoms with Gasteiger partial charge < -0.3 is 0 Å². The van der Waals surface area contributed by atoms with Crippen LogP contribution in [0.25, 0.3) is 10.9 Å². The molecular formula is C23H20FN3O3S2. The summed E-state index contributed by atoms with van der Waals surface area (Å²) in [6.45, 7) is 0.320. The predicted molar refractivity (Wildman–Crippen MR) is 123 cm³/mol. The molecular weight excluding hydrogens is 449 g/mol. The van der Waals surface area contributed by atoms with Crippen LogP contribution >= 0.6 is 11.8 Å². The summed E-state index contributed by atoms with van der Waals surface area (Å²) < 4.78 is 39.6. The number of pyridine rings is 1. The van der Waals surface area contributed by atoms with Crippen molar-refractivity contribution in [1.82, 2.24) is 14.5 Å². The van der Waals surface area contributed by atoms with Crippen LogP contribution < -0.4 is 5.56 Å². The number of rotatable bonds is 8. The summed E-state index contributed by atoms with van der Waals surface area (Å²) in [6, 6.07) is 15.7. The molecule has 0 aliphatic carbocycles. The minimum Gasteiger partial charge on any atom is -0.283 e. The number of thioether (sulfide) groups is 1. The third-order valence-electron chi connectivity index (χ3n) is 4.85. The Hall–Kier alpha value is -3.04. The van der Waals surface area contributed by atoms with E-state index in [1.165, 1.54) is 23.9 Å². The lowest BCUT2D eigenvalue weighted by Crippen LogP contribution is -2.24. The Bertz CT molecular complexity index is 1390. The Balaban J connectivity index is 1.53. The maximum absolute atomic E-state index is 13.1. The van der Waals surface area contributed by atoms with Gasteiger partial charge in [-0.1, -0.05) is 30.0 Å². The van der Waals surface area contributed by atoms with E-state index in [4.69, 9.17) is 0 Å². The number of benzene rings is 2. The van der Waals surface area contributed by atoms with Gasteiger partial charge in [-0.3, -0.25) is 14.3 Å². The topological polar surface area (TPSA) is 81.9 Å². The van der Waals surface area contributed by atoms with Gasteiger partial charge in [-0.2, -0.15) is 0 Å². The van der Waals surface area contributed by atoms with E-state index in [0.29, 0.717) is 34.8 Å². The predicted octanol–water partition coefficient (Wildman–Crippen LogP) is 3.94. The molecule has 0 saturated heterocycles. The van der Waals surface area contributed by atoms with E-state index < -0.39 is 15.7 Å². The maximum atomic E-state index is 13.1. The van der Waals surface area contributed by atoms with Gasteiger partial charge in [-0.25, -0.2) is 17.8 Å². The molecule has 0 atom stereocenters. The smallest absolute Gasteiger partial charge is 0.262 e. The van der Waals surface area contributed by atoms with E-state index in [1.54, 1.807) is 35.2 Å². The fourth-order valence-corrected chi connectivity index (χ4v) is 5.67. The van der Waals surface area contributed by atoms with Gasteiger partial charge in [0.25, 0.3) is 5.56 Å². The zero-order valence-corrected chi connectivity index (χ0v) is 18.7. The second kappa shape index (κ2) is 9.62. The SMILES string of the molecule is O=c1c2ccccc2nc(SCCCS(=O)(=O)c2ccc(F)cc2)n1Cc1cccnc1. The van der Waals surface area contributed by atoms with Crippen LogP contribution in [0.15, 0.2) is 87.9 Å². The number of fused-ring (bicyclic) bond motifs is 1. The van der Waals surface area contributed by atoms with E-state index in [-0.39, 0.29) is 16.2 Å². The number of aromatic nitrogens is 3. The van der Waals surface area contributed by atoms with Crippen LogP contribution in [0, 0.1) is 5.82 Å². The van der Waals surface area contributed by atoms with Crippen LogP contribution in [-0.2, 0) is 16.4 Å². The van der Waals surface area contributed by atoms with Crippen LogP contribution in [0.3, 0.4) is 0 Å². The number of hydrogen-bond acceptors (Lipinski definition) is 6. The third-order valence-corrected chi connectivity index (χ3v) is 7.73. The van der Waals surface area contributed by atoms with Crippen molar-refractivity contribution in [2.75, 3.05) is 11.5 Å². The summed E-state index contributed by atoms with van der Waals surface area (Å²) in [7, 11) is -3.51. The van der Waals surface area contributed by atoms with Crippen molar-refractivity contribution >= 4 is 32.5 Å². The quantitative estimate of drug-likeness (QED) is 0.168. The molecule has 4 aromatic rings. The van der Waals surface area contributed by atoms with Crippen molar-refractivity contribution in [2.24, 2.45) is 0 Å². The van der Waals surface area contributed by atoms with Gasteiger partial charge in [0.05, 0.1) is 28.1 Å². The van der Waals surface area contributed by atoms with Crippen molar-refractivity contribution in [1.29, 1.82) is 0 Å². The molecule has 2 heterocycles. The molecule has 0 aliphatic rings. The first kappa shape index (κ1) is 22.2. The molecule has 0 bridgehead atoms. The van der Waals surface area contributed by atoms with Gasteiger partial charge >= 0.3 is 0 Å². The standard InChI is InChI=1S/C23H20FN3O3S2/c24-18-8-10-19(11-9-18)32(29,30)14-4-13-31-23-26-21-7-2-1-6-20(21)22(28)27(23)16-17-5-3-12-25-15-17/h1-3,5-12,15H,4,13-14,16H2. The molecule has 0 spiro atoms. The van der Waals surface area contributed by atoms with Gasteiger partial charge in [0.1, 0.15) is 5.82 Å². The highest BCUT2D eigenvalue weighted by molar-refractivity contribution is 7.99. The molecule has 0 radical (unpaired) electrons. The number of para-hydroxylation sites is 1. The summed E-state index contributed by atoms with van der Waals surface area (Å²) in [6.07, 6.45) is 3.73. The fourth-order valence-electron chi connectivity index (χ4n) is 3.24. The number of hydrogen-bond donors (Lipinski definition) is 0. The first-order chi connectivity index (χ1) is 15.4. The van der Waals surface area contributed by atoms with E-state index in [2.05, 4.69) is 9.97 Å². The normalized spacial score (nSPS) is 11.7. The summed E-state index contributed by atoms with van der Waals surface area (Å²) in [4.78, 5) is 22.0. The van der Waals surface area contributed by atoms with Crippen LogP contribution in [0.5, 0.6) is 0 Å². The van der Waals surface area contributed by atoms with Crippen molar-refractivity contribution < 1.29 is 12.8 Å². The molecule has 4 rings (SSSR count). The first-order valence-electron chi connectivity index (χ1n) is 9.94. The first-order valence-corrected chi connectivity index (χ1v) is 12.6. The molecule has 2 aromatic carbocycles. The summed E-state index contributed by atoms with van der Waals surface area (Å²) in [5, 5.41) is 1.05. The summed E-state index contributed by atoms with van der Waals surface area (Å²) >= 11 is 1.34. The van der Waals surface area contributed by atoms with Gasteiger partial charge in [0, 0.05) is 18.1 Å². The highest BCUT2D eigenvalue weighted by Gasteiger charge is 2.16. The highest BCUT2D eigenvalue weighted by atomic mass is 32.2. The van der Waals surface area contributed by atoms with Gasteiger partial charge in [0.2, 0.25) is 0 Å². The van der Waals surface area contributed by atoms with E-state index in [0.717, 1.165) is 17.7 Å². The average Bonchev–Trinajstić information content (AvgIpc) is 2.80. The monoisotopic (exact) mass is 469 g/mol. The van der Waals surface area contributed by atoms with E-state index >= 15 is 0 Å². The van der Waals surface area contributed by atoms with E-state index in [9.17, 15) is 17.6 Å². The Morgan fingerprint density at radius 2 is 1.78 bits per heavy atom. The maximum Gasteiger partial charge on any atom is 0.262 e. The third kappa shape index (κ3) is 5.05. The van der Waals surface area contributed by atoms with Gasteiger partial charge in [-0.15, -0.1) is 0 Å². The molecule has 6 nitrogen and oxygen atoms in total. The summed E-state index contributed by atoms with van der Waals surface area (Å²) in [5.74, 6) is -0.0990. The minimum absolute atomic E-state index is 0.0773. The molecule has 0 fully saturated rings. The van der Waals surface area contributed by atoms with Crippen LogP contribution in [0.2, 0.25) is 0 Å². The minimum atomic E-state index is -3.51. The molecule has 32 heavy (non-hydrogen) atoms. The lowest BCUT2D eigenvalue weighted by molar-refractivity contribution is 0.593. The van der Waals surface area contributed by atoms with Crippen molar-refractivity contribution in [2.45, 2.75) is 23.0 Å². The largest absolute Gasteiger partial charge is 0.283 e. The second-order valence-corrected chi connectivity index (χ2v) is 10.3. The highest BCUT2D eigenvalue weighted by Crippen LogP contribution is 2.21. The molecule has 0 unspecified atom stereocenters. The van der Waals surface area contributed by atoms with Crippen LogP contribution in [0.4, 0.5) is 4.39 Å². The molecule has 9 heteroatoms. The molecule has 0 N–H and O–H groups in total. The lowest BCUT2D eigenvalue weighted by Gasteiger charge is -2.13. The number of halogens is 1.